The van der Waals surface area contributed by atoms with Gasteiger partial charge in [-0.05, 0) is 55.1 Å². The van der Waals surface area contributed by atoms with Crippen LogP contribution in [0.1, 0.15) is 55.1 Å². The number of pyridine rings is 1. The first kappa shape index (κ1) is 23.1. The third-order valence-corrected chi connectivity index (χ3v) is 6.75. The maximum Gasteiger partial charge on any atom is 0.321 e. The molecule has 4 rings (SSSR count). The van der Waals surface area contributed by atoms with E-state index in [0.717, 1.165) is 49.4 Å². The van der Waals surface area contributed by atoms with Crippen LogP contribution in [0.25, 0.3) is 0 Å². The van der Waals surface area contributed by atoms with Crippen molar-refractivity contribution in [3.63, 3.8) is 0 Å². The van der Waals surface area contributed by atoms with Gasteiger partial charge in [0.1, 0.15) is 6.04 Å². The van der Waals surface area contributed by atoms with E-state index in [9.17, 15) is 9.90 Å². The van der Waals surface area contributed by atoms with E-state index in [0.29, 0.717) is 12.5 Å². The highest BCUT2D eigenvalue weighted by atomic mass is 16.4. The van der Waals surface area contributed by atoms with Crippen LogP contribution < -0.4 is 5.73 Å². The van der Waals surface area contributed by atoms with Crippen molar-refractivity contribution in [2.24, 2.45) is 5.73 Å². The predicted molar refractivity (Wildman–Crippen MR) is 126 cm³/mol. The number of carboxylic acid groups (broad SMARTS) is 1. The van der Waals surface area contributed by atoms with Crippen LogP contribution in [0.15, 0.2) is 54.9 Å². The number of rotatable bonds is 8. The Balaban J connectivity index is 1.38. The van der Waals surface area contributed by atoms with Crippen molar-refractivity contribution in [1.82, 2.24) is 24.9 Å². The van der Waals surface area contributed by atoms with E-state index in [4.69, 9.17) is 5.73 Å². The first-order chi connectivity index (χ1) is 15.8. The summed E-state index contributed by atoms with van der Waals surface area (Å²) in [4.78, 5) is 18.3. The predicted octanol–water partition coefficient (Wildman–Crippen LogP) is 2.79. The quantitative estimate of drug-likeness (QED) is 0.545. The zero-order valence-electron chi connectivity index (χ0n) is 19.3. The van der Waals surface area contributed by atoms with Gasteiger partial charge in [-0.2, -0.15) is 0 Å². The summed E-state index contributed by atoms with van der Waals surface area (Å²) in [7, 11) is 0. The monoisotopic (exact) mass is 448 g/mol. The first-order valence-corrected chi connectivity index (χ1v) is 11.4. The van der Waals surface area contributed by atoms with Crippen LogP contribution in [-0.2, 0) is 23.3 Å². The lowest BCUT2D eigenvalue weighted by Gasteiger charge is -2.36. The van der Waals surface area contributed by atoms with Crippen LogP contribution in [0.4, 0.5) is 0 Å². The normalized spacial score (nSPS) is 16.6. The summed E-state index contributed by atoms with van der Waals surface area (Å²) in [5.41, 5.74) is 9.58. The third-order valence-electron chi connectivity index (χ3n) is 6.75. The molecule has 174 valence electrons. The van der Waals surface area contributed by atoms with Gasteiger partial charge in [-0.25, -0.2) is 4.68 Å². The van der Waals surface area contributed by atoms with Gasteiger partial charge in [-0.15, -0.1) is 5.10 Å². The Kier molecular flexibility index (Phi) is 6.85. The lowest BCUT2D eigenvalue weighted by atomic mass is 9.72. The van der Waals surface area contributed by atoms with E-state index < -0.39 is 17.4 Å². The summed E-state index contributed by atoms with van der Waals surface area (Å²) in [6.07, 6.45) is 5.80. The van der Waals surface area contributed by atoms with E-state index >= 15 is 0 Å². The number of aromatic nitrogens is 4. The van der Waals surface area contributed by atoms with Crippen LogP contribution in [0.3, 0.4) is 0 Å². The van der Waals surface area contributed by atoms with E-state index in [1.165, 1.54) is 5.56 Å². The van der Waals surface area contributed by atoms with Crippen molar-refractivity contribution in [3.8, 4) is 0 Å². The standard InChI is InChI=1S/C25H32N6O2/c1-25(2,23(26)24(32)33)22-9-4-3-8-21(22)18-10-13-30(14-11-18)15-20-17-31(29-28-20)16-19-7-5-6-12-27-19/h3-9,12,17-18,23H,10-11,13-16,26H2,1-2H3,(H,32,33)/t23-/m1/s1. The molecule has 0 aliphatic carbocycles. The third kappa shape index (κ3) is 5.29. The van der Waals surface area contributed by atoms with Crippen molar-refractivity contribution in [1.29, 1.82) is 0 Å². The molecule has 1 fully saturated rings. The minimum Gasteiger partial charge on any atom is -0.480 e. The minimum absolute atomic E-state index is 0.387. The average molecular weight is 449 g/mol. The Hall–Kier alpha value is -3.10. The van der Waals surface area contributed by atoms with Crippen LogP contribution >= 0.6 is 0 Å². The minimum atomic E-state index is -0.972. The first-order valence-electron chi connectivity index (χ1n) is 11.4. The second-order valence-corrected chi connectivity index (χ2v) is 9.40. The molecule has 0 spiro atoms. The van der Waals surface area contributed by atoms with Crippen LogP contribution in [-0.4, -0.2) is 55.1 Å². The molecule has 33 heavy (non-hydrogen) atoms. The van der Waals surface area contributed by atoms with E-state index in [1.807, 2.05) is 61.1 Å². The maximum atomic E-state index is 11.6. The number of benzene rings is 1. The van der Waals surface area contributed by atoms with Gasteiger partial charge in [0.2, 0.25) is 0 Å². The van der Waals surface area contributed by atoms with Crippen LogP contribution in [0.5, 0.6) is 0 Å². The zero-order valence-corrected chi connectivity index (χ0v) is 19.3. The Morgan fingerprint density at radius 3 is 2.55 bits per heavy atom. The highest BCUT2D eigenvalue weighted by Gasteiger charge is 2.36. The van der Waals surface area contributed by atoms with Crippen molar-refractivity contribution >= 4 is 5.97 Å². The molecule has 3 heterocycles. The van der Waals surface area contributed by atoms with Gasteiger partial charge in [0.05, 0.1) is 24.1 Å². The molecule has 1 atom stereocenters. The number of aliphatic carboxylic acids is 1. The molecule has 0 saturated carbocycles. The lowest BCUT2D eigenvalue weighted by molar-refractivity contribution is -0.140. The van der Waals surface area contributed by atoms with Gasteiger partial charge in [0, 0.05) is 18.2 Å². The number of nitrogens with two attached hydrogens (primary N) is 1. The Bertz CT molecular complexity index is 1070. The number of carbonyl (C=O) groups is 1. The number of nitrogens with zero attached hydrogens (tertiary/aromatic N) is 5. The molecule has 3 aromatic rings. The van der Waals surface area contributed by atoms with Crippen molar-refractivity contribution in [2.75, 3.05) is 13.1 Å². The largest absolute Gasteiger partial charge is 0.480 e. The fourth-order valence-corrected chi connectivity index (χ4v) is 4.69. The number of hydrogen-bond donors (Lipinski definition) is 2. The molecule has 1 aromatic carbocycles. The van der Waals surface area contributed by atoms with Crippen molar-refractivity contribution in [2.45, 2.75) is 57.2 Å². The molecule has 8 heteroatoms. The molecule has 2 aromatic heterocycles. The highest BCUT2D eigenvalue weighted by Crippen LogP contribution is 2.37. The molecule has 1 aliphatic heterocycles. The molecule has 3 N–H and O–H groups in total. The van der Waals surface area contributed by atoms with Crippen LogP contribution in [0.2, 0.25) is 0 Å². The summed E-state index contributed by atoms with van der Waals surface area (Å²) in [6, 6.07) is 13.1. The second-order valence-electron chi connectivity index (χ2n) is 9.40. The zero-order chi connectivity index (χ0) is 23.4. The molecular formula is C25H32N6O2. The summed E-state index contributed by atoms with van der Waals surface area (Å²) in [5, 5.41) is 18.1. The van der Waals surface area contributed by atoms with E-state index in [-0.39, 0.29) is 0 Å². The van der Waals surface area contributed by atoms with Gasteiger partial charge in [0.15, 0.2) is 0 Å². The fraction of sp³-hybridized carbons (Fsp3) is 0.440. The van der Waals surface area contributed by atoms with Gasteiger partial charge in [-0.3, -0.25) is 14.7 Å². The highest BCUT2D eigenvalue weighted by molar-refractivity contribution is 5.75. The molecule has 0 amide bonds. The van der Waals surface area contributed by atoms with Gasteiger partial charge in [-0.1, -0.05) is 49.4 Å². The van der Waals surface area contributed by atoms with Crippen molar-refractivity contribution in [3.05, 3.63) is 77.4 Å². The summed E-state index contributed by atoms with van der Waals surface area (Å²) in [5.74, 6) is -0.585. The molecule has 1 saturated heterocycles. The topological polar surface area (TPSA) is 110 Å². The van der Waals surface area contributed by atoms with E-state index in [2.05, 4.69) is 26.3 Å². The number of carboxylic acids is 1. The summed E-state index contributed by atoms with van der Waals surface area (Å²) in [6.45, 7) is 7.14. The van der Waals surface area contributed by atoms with Crippen molar-refractivity contribution < 1.29 is 9.90 Å². The number of piperidine rings is 1. The smallest absolute Gasteiger partial charge is 0.321 e. The fourth-order valence-electron chi connectivity index (χ4n) is 4.69. The van der Waals surface area contributed by atoms with E-state index in [1.54, 1.807) is 6.20 Å². The molecule has 0 unspecified atom stereocenters. The number of hydrogen-bond acceptors (Lipinski definition) is 6. The van der Waals surface area contributed by atoms with Gasteiger partial charge < -0.3 is 10.8 Å². The Morgan fingerprint density at radius 1 is 1.12 bits per heavy atom. The molecule has 1 aliphatic rings. The molecule has 8 nitrogen and oxygen atoms in total. The second kappa shape index (κ2) is 9.80. The maximum absolute atomic E-state index is 11.6. The van der Waals surface area contributed by atoms with Gasteiger partial charge in [0.25, 0.3) is 0 Å². The Labute approximate surface area is 194 Å². The number of likely N-dealkylation sites (tertiary alicyclic amines) is 1. The molecule has 0 bridgehead atoms. The van der Waals surface area contributed by atoms with Crippen LogP contribution in [0, 0.1) is 0 Å². The SMILES string of the molecule is CC(C)(c1ccccc1C1CCN(Cc2cn(Cc3ccccn3)nn2)CC1)[C@H](N)C(=O)O. The summed E-state index contributed by atoms with van der Waals surface area (Å²) < 4.78 is 1.83. The molecular weight excluding hydrogens is 416 g/mol. The average Bonchev–Trinajstić information content (AvgIpc) is 3.26. The Morgan fingerprint density at radius 2 is 1.85 bits per heavy atom. The van der Waals surface area contributed by atoms with Gasteiger partial charge >= 0.3 is 5.97 Å². The lowest BCUT2D eigenvalue weighted by Crippen LogP contribution is -2.47. The summed E-state index contributed by atoms with van der Waals surface area (Å²) >= 11 is 0. The molecule has 0 radical (unpaired) electrons.